The molecule has 2 aliphatic rings. The molecule has 3 heterocycles. The first-order valence-corrected chi connectivity index (χ1v) is 13.1. The number of carbonyl (C=O) groups is 1. The van der Waals surface area contributed by atoms with Gasteiger partial charge in [0.1, 0.15) is 5.82 Å². The van der Waals surface area contributed by atoms with Crippen LogP contribution in [-0.2, 0) is 21.4 Å². The van der Waals surface area contributed by atoms with E-state index in [1.54, 1.807) is 36.7 Å². The summed E-state index contributed by atoms with van der Waals surface area (Å²) in [5, 5.41) is 0. The Morgan fingerprint density at radius 2 is 1.65 bits per heavy atom. The lowest BCUT2D eigenvalue weighted by Crippen LogP contribution is -2.48. The molecule has 10 heteroatoms. The van der Waals surface area contributed by atoms with Gasteiger partial charge in [-0.1, -0.05) is 0 Å². The number of aromatic nitrogens is 2. The number of nitrogens with zero attached hydrogens (tertiary/aromatic N) is 5. The minimum absolute atomic E-state index is 0.0776. The van der Waals surface area contributed by atoms with Crippen molar-refractivity contribution in [1.29, 1.82) is 0 Å². The van der Waals surface area contributed by atoms with Crippen molar-refractivity contribution in [2.45, 2.75) is 30.7 Å². The Balaban J connectivity index is 1.19. The highest BCUT2D eigenvalue weighted by molar-refractivity contribution is 7.89. The minimum atomic E-state index is -3.49. The van der Waals surface area contributed by atoms with Gasteiger partial charge in [0.25, 0.3) is 0 Å². The number of hydrogen-bond donors (Lipinski definition) is 0. The van der Waals surface area contributed by atoms with Crippen LogP contribution in [0.1, 0.15) is 19.3 Å². The Hall–Kier alpha value is -2.98. The number of piperazine rings is 1. The van der Waals surface area contributed by atoms with Crippen molar-refractivity contribution in [2.24, 2.45) is 0 Å². The Morgan fingerprint density at radius 1 is 0.941 bits per heavy atom. The van der Waals surface area contributed by atoms with Crippen molar-refractivity contribution in [3.8, 4) is 0 Å². The molecule has 180 valence electrons. The van der Waals surface area contributed by atoms with Gasteiger partial charge in [-0.3, -0.25) is 4.79 Å². The lowest BCUT2D eigenvalue weighted by molar-refractivity contribution is -0.131. The van der Waals surface area contributed by atoms with Crippen LogP contribution in [0.15, 0.2) is 53.7 Å². The molecule has 0 radical (unpaired) electrons. The number of amides is 1. The minimum Gasteiger partial charge on any atom is -0.368 e. The number of anilines is 1. The van der Waals surface area contributed by atoms with Gasteiger partial charge >= 0.3 is 0 Å². The van der Waals surface area contributed by atoms with Crippen LogP contribution in [0.5, 0.6) is 0 Å². The lowest BCUT2D eigenvalue weighted by atomic mass is 10.2. The number of fused-ring (bicyclic) bond motifs is 1. The van der Waals surface area contributed by atoms with Crippen molar-refractivity contribution in [2.75, 3.05) is 44.2 Å². The van der Waals surface area contributed by atoms with E-state index in [0.717, 1.165) is 24.0 Å². The largest absolute Gasteiger partial charge is 0.368 e. The molecule has 2 fully saturated rings. The second-order valence-corrected chi connectivity index (χ2v) is 10.7. The Labute approximate surface area is 198 Å². The number of carbonyl (C=O) groups excluding carboxylic acids is 1. The van der Waals surface area contributed by atoms with Gasteiger partial charge in [-0.05, 0) is 55.3 Å². The van der Waals surface area contributed by atoms with Gasteiger partial charge in [-0.25, -0.2) is 17.8 Å². The van der Waals surface area contributed by atoms with Gasteiger partial charge in [-0.15, -0.1) is 0 Å². The smallest absolute Gasteiger partial charge is 0.243 e. The van der Waals surface area contributed by atoms with Crippen molar-refractivity contribution in [3.63, 3.8) is 0 Å². The van der Waals surface area contributed by atoms with E-state index in [4.69, 9.17) is 0 Å². The summed E-state index contributed by atoms with van der Waals surface area (Å²) in [5.74, 6) is -0.178. The van der Waals surface area contributed by atoms with Crippen molar-refractivity contribution in [3.05, 3.63) is 54.6 Å². The molecule has 34 heavy (non-hydrogen) atoms. The first-order chi connectivity index (χ1) is 16.4. The molecular formula is C24H28FN5O3S. The second-order valence-electron chi connectivity index (χ2n) is 8.79. The fourth-order valence-electron chi connectivity index (χ4n) is 4.70. The van der Waals surface area contributed by atoms with Crippen molar-refractivity contribution in [1.82, 2.24) is 18.8 Å². The quantitative estimate of drug-likeness (QED) is 0.537. The van der Waals surface area contributed by atoms with Crippen LogP contribution in [0.3, 0.4) is 0 Å². The van der Waals surface area contributed by atoms with Crippen LogP contribution in [0.4, 0.5) is 10.1 Å². The molecule has 2 aromatic carbocycles. The highest BCUT2D eigenvalue weighted by atomic mass is 32.2. The number of hydrogen-bond acceptors (Lipinski definition) is 5. The number of halogens is 1. The van der Waals surface area contributed by atoms with Gasteiger partial charge in [0, 0.05) is 57.9 Å². The molecule has 1 amide bonds. The average molecular weight is 486 g/mol. The van der Waals surface area contributed by atoms with Crippen LogP contribution < -0.4 is 4.90 Å². The van der Waals surface area contributed by atoms with E-state index < -0.39 is 10.0 Å². The molecule has 3 aromatic rings. The van der Waals surface area contributed by atoms with E-state index in [2.05, 4.69) is 9.88 Å². The van der Waals surface area contributed by atoms with E-state index in [1.165, 1.54) is 16.4 Å². The predicted molar refractivity (Wildman–Crippen MR) is 128 cm³/mol. The van der Waals surface area contributed by atoms with Crippen molar-refractivity contribution < 1.29 is 17.6 Å². The second kappa shape index (κ2) is 9.34. The summed E-state index contributed by atoms with van der Waals surface area (Å²) in [6, 6.07) is 11.5. The molecule has 2 saturated heterocycles. The summed E-state index contributed by atoms with van der Waals surface area (Å²) in [5.41, 5.74) is 2.39. The number of benzene rings is 2. The van der Waals surface area contributed by atoms with Crippen molar-refractivity contribution >= 4 is 32.7 Å². The predicted octanol–water partition coefficient (Wildman–Crippen LogP) is 2.70. The van der Waals surface area contributed by atoms with Crippen LogP contribution in [0.2, 0.25) is 0 Å². The summed E-state index contributed by atoms with van der Waals surface area (Å²) < 4.78 is 42.2. The van der Waals surface area contributed by atoms with Gasteiger partial charge in [0.2, 0.25) is 15.9 Å². The van der Waals surface area contributed by atoms with Gasteiger partial charge in [0.15, 0.2) is 0 Å². The first kappa shape index (κ1) is 22.8. The molecule has 0 saturated carbocycles. The molecule has 0 spiro atoms. The third-order valence-electron chi connectivity index (χ3n) is 6.69. The summed E-state index contributed by atoms with van der Waals surface area (Å²) in [4.78, 5) is 21.5. The molecule has 0 N–H and O–H groups in total. The summed E-state index contributed by atoms with van der Waals surface area (Å²) in [7, 11) is -3.49. The summed E-state index contributed by atoms with van der Waals surface area (Å²) in [6.45, 7) is 4.27. The Bertz CT molecular complexity index is 1280. The van der Waals surface area contributed by atoms with E-state index in [-0.39, 0.29) is 16.6 Å². The molecule has 0 atom stereocenters. The molecule has 1 aromatic heterocycles. The Morgan fingerprint density at radius 3 is 2.35 bits per heavy atom. The first-order valence-electron chi connectivity index (χ1n) is 11.7. The number of aryl methyl sites for hydroxylation is 1. The lowest BCUT2D eigenvalue weighted by Gasteiger charge is -2.36. The topological polar surface area (TPSA) is 78.7 Å². The monoisotopic (exact) mass is 485 g/mol. The third kappa shape index (κ3) is 4.52. The maximum Gasteiger partial charge on any atom is 0.243 e. The van der Waals surface area contributed by atoms with Gasteiger partial charge in [-0.2, -0.15) is 4.31 Å². The van der Waals surface area contributed by atoms with Crippen LogP contribution in [0.25, 0.3) is 11.0 Å². The number of sulfonamides is 1. The SMILES string of the molecule is O=C(CCn1cnc2cc(S(=O)(=O)N3CCCC3)ccc21)N1CCN(c2ccc(F)cc2)CC1. The molecule has 0 bridgehead atoms. The summed E-state index contributed by atoms with van der Waals surface area (Å²) >= 11 is 0. The molecule has 0 aliphatic carbocycles. The zero-order chi connectivity index (χ0) is 23.7. The fourth-order valence-corrected chi connectivity index (χ4v) is 6.24. The third-order valence-corrected chi connectivity index (χ3v) is 8.58. The highest BCUT2D eigenvalue weighted by Crippen LogP contribution is 2.24. The Kier molecular flexibility index (Phi) is 6.26. The number of rotatable bonds is 6. The number of imidazole rings is 1. The normalized spacial score (nSPS) is 17.6. The maximum absolute atomic E-state index is 13.1. The standard InChI is InChI=1S/C24H28FN5O3S/c25-19-3-5-20(6-4-19)27-13-15-28(16-14-27)24(31)9-12-29-18-26-22-17-21(7-8-23(22)29)34(32,33)30-10-1-2-11-30/h3-8,17-18H,1-2,9-16H2. The van der Waals surface area contributed by atoms with Gasteiger partial charge in [0.05, 0.1) is 22.3 Å². The van der Waals surface area contributed by atoms with E-state index in [1.807, 2.05) is 9.47 Å². The zero-order valence-corrected chi connectivity index (χ0v) is 19.8. The maximum atomic E-state index is 13.1. The highest BCUT2D eigenvalue weighted by Gasteiger charge is 2.27. The fraction of sp³-hybridized carbons (Fsp3) is 0.417. The molecular weight excluding hydrogens is 457 g/mol. The van der Waals surface area contributed by atoms with E-state index in [0.29, 0.717) is 57.8 Å². The average Bonchev–Trinajstić information content (AvgIpc) is 3.54. The van der Waals surface area contributed by atoms with Crippen LogP contribution in [-0.4, -0.2) is 72.3 Å². The van der Waals surface area contributed by atoms with E-state index in [9.17, 15) is 17.6 Å². The molecule has 2 aliphatic heterocycles. The molecule has 0 unspecified atom stereocenters. The van der Waals surface area contributed by atoms with E-state index >= 15 is 0 Å². The molecule has 8 nitrogen and oxygen atoms in total. The zero-order valence-electron chi connectivity index (χ0n) is 18.9. The van der Waals surface area contributed by atoms with Crippen LogP contribution in [0, 0.1) is 5.82 Å². The van der Waals surface area contributed by atoms with Crippen LogP contribution >= 0.6 is 0 Å². The summed E-state index contributed by atoms with van der Waals surface area (Å²) in [6.07, 6.45) is 3.79. The van der Waals surface area contributed by atoms with Gasteiger partial charge < -0.3 is 14.4 Å². The molecule has 5 rings (SSSR count).